The van der Waals surface area contributed by atoms with E-state index in [2.05, 4.69) is 0 Å². The second-order valence-corrected chi connectivity index (χ2v) is 7.76. The molecule has 18 heavy (non-hydrogen) atoms. The molecule has 4 nitrogen and oxygen atoms in total. The van der Waals surface area contributed by atoms with Gasteiger partial charge in [0.2, 0.25) is 0 Å². The van der Waals surface area contributed by atoms with E-state index in [1.165, 1.54) is 0 Å². The molecule has 3 atom stereocenters. The fraction of sp³-hybridized carbons (Fsp3) is 1.00. The minimum atomic E-state index is -0.908. The van der Waals surface area contributed by atoms with Crippen molar-refractivity contribution < 1.29 is 19.7 Å². The smallest absolute Gasteiger partial charge is 0.163 e. The fourth-order valence-electron chi connectivity index (χ4n) is 1.84. The van der Waals surface area contributed by atoms with Crippen molar-refractivity contribution >= 4 is 23.5 Å². The lowest BCUT2D eigenvalue weighted by atomic mass is 10.1. The van der Waals surface area contributed by atoms with Crippen LogP contribution in [-0.2, 0) is 9.47 Å². The summed E-state index contributed by atoms with van der Waals surface area (Å²) in [7, 11) is 0. The molecule has 1 aliphatic rings. The zero-order valence-corrected chi connectivity index (χ0v) is 13.1. The number of hydrogen-bond acceptors (Lipinski definition) is 6. The fourth-order valence-corrected chi connectivity index (χ4v) is 4.41. The molecule has 0 amide bonds. The van der Waals surface area contributed by atoms with Crippen LogP contribution in [0.4, 0.5) is 0 Å². The summed E-state index contributed by atoms with van der Waals surface area (Å²) in [5, 5.41) is 20.4. The van der Waals surface area contributed by atoms with Gasteiger partial charge < -0.3 is 19.7 Å². The summed E-state index contributed by atoms with van der Waals surface area (Å²) in [6, 6.07) is 0. The standard InChI is InChI=1S/C12H24O4S2/c1-5-17-11(18-6-2)10(14)9(13)8-7-15-12(3,4)16-8/h8-11,13-14H,5-7H2,1-4H3/t8-,9+,10+/m0/s1. The van der Waals surface area contributed by atoms with Crippen molar-refractivity contribution in [3.05, 3.63) is 0 Å². The third-order valence-electron chi connectivity index (χ3n) is 2.70. The lowest BCUT2D eigenvalue weighted by molar-refractivity contribution is -0.159. The summed E-state index contributed by atoms with van der Waals surface area (Å²) in [5.41, 5.74) is 0. The number of aliphatic hydroxyl groups is 2. The summed E-state index contributed by atoms with van der Waals surface area (Å²) in [4.78, 5) is 0. The molecule has 1 heterocycles. The Balaban J connectivity index is 2.55. The Bertz CT molecular complexity index is 238. The van der Waals surface area contributed by atoms with Gasteiger partial charge in [-0.05, 0) is 25.4 Å². The average Bonchev–Trinajstić information content (AvgIpc) is 2.67. The van der Waals surface area contributed by atoms with E-state index < -0.39 is 24.1 Å². The molecule has 0 spiro atoms. The van der Waals surface area contributed by atoms with E-state index in [9.17, 15) is 10.2 Å². The van der Waals surface area contributed by atoms with Crippen molar-refractivity contribution in [2.75, 3.05) is 18.1 Å². The van der Waals surface area contributed by atoms with Crippen LogP contribution in [0, 0.1) is 0 Å². The van der Waals surface area contributed by atoms with Gasteiger partial charge in [0.25, 0.3) is 0 Å². The molecule has 0 aliphatic carbocycles. The van der Waals surface area contributed by atoms with Gasteiger partial charge in [-0.3, -0.25) is 0 Å². The van der Waals surface area contributed by atoms with E-state index in [1.54, 1.807) is 23.5 Å². The van der Waals surface area contributed by atoms with E-state index in [0.717, 1.165) is 11.5 Å². The van der Waals surface area contributed by atoms with Crippen LogP contribution in [0.1, 0.15) is 27.7 Å². The van der Waals surface area contributed by atoms with E-state index in [4.69, 9.17) is 9.47 Å². The lowest BCUT2D eigenvalue weighted by Gasteiger charge is -2.28. The molecule has 2 N–H and O–H groups in total. The van der Waals surface area contributed by atoms with Gasteiger partial charge in [-0.25, -0.2) is 0 Å². The molecule has 0 radical (unpaired) electrons. The first-order chi connectivity index (χ1) is 8.41. The number of rotatable bonds is 7. The highest BCUT2D eigenvalue weighted by Crippen LogP contribution is 2.32. The second-order valence-electron chi connectivity index (χ2n) is 4.63. The van der Waals surface area contributed by atoms with E-state index in [-0.39, 0.29) is 4.58 Å². The van der Waals surface area contributed by atoms with Gasteiger partial charge in [0.05, 0.1) is 11.2 Å². The summed E-state index contributed by atoms with van der Waals surface area (Å²) in [6.07, 6.45) is -2.16. The zero-order chi connectivity index (χ0) is 13.8. The summed E-state index contributed by atoms with van der Waals surface area (Å²) < 4.78 is 11.0. The van der Waals surface area contributed by atoms with E-state index in [0.29, 0.717) is 6.61 Å². The normalized spacial score (nSPS) is 26.5. The van der Waals surface area contributed by atoms with Crippen LogP contribution in [0.25, 0.3) is 0 Å². The van der Waals surface area contributed by atoms with Gasteiger partial charge >= 0.3 is 0 Å². The zero-order valence-electron chi connectivity index (χ0n) is 11.5. The molecular weight excluding hydrogens is 272 g/mol. The maximum atomic E-state index is 10.2. The Morgan fingerprint density at radius 2 is 1.78 bits per heavy atom. The van der Waals surface area contributed by atoms with Crippen molar-refractivity contribution in [2.24, 2.45) is 0 Å². The predicted octanol–water partition coefficient (Wildman–Crippen LogP) is 1.69. The van der Waals surface area contributed by atoms with E-state index >= 15 is 0 Å². The first kappa shape index (κ1) is 16.6. The third-order valence-corrected chi connectivity index (χ3v) is 5.40. The predicted molar refractivity (Wildman–Crippen MR) is 77.0 cm³/mol. The maximum absolute atomic E-state index is 10.2. The highest BCUT2D eigenvalue weighted by atomic mass is 32.2. The van der Waals surface area contributed by atoms with Crippen molar-refractivity contribution in [3.8, 4) is 0 Å². The van der Waals surface area contributed by atoms with E-state index in [1.807, 2.05) is 27.7 Å². The molecule has 108 valence electrons. The Labute approximate surface area is 118 Å². The highest BCUT2D eigenvalue weighted by Gasteiger charge is 2.41. The molecule has 6 heteroatoms. The molecule has 1 saturated heterocycles. The lowest BCUT2D eigenvalue weighted by Crippen LogP contribution is -2.44. The first-order valence-electron chi connectivity index (χ1n) is 6.32. The minimum absolute atomic E-state index is 0.0256. The van der Waals surface area contributed by atoms with Crippen molar-refractivity contribution in [2.45, 2.75) is 56.4 Å². The molecule has 1 rings (SSSR count). The molecule has 1 aliphatic heterocycles. The van der Waals surface area contributed by atoms with Crippen LogP contribution < -0.4 is 0 Å². The largest absolute Gasteiger partial charge is 0.388 e. The number of ether oxygens (including phenoxy) is 2. The van der Waals surface area contributed by atoms with Crippen molar-refractivity contribution in [1.82, 2.24) is 0 Å². The van der Waals surface area contributed by atoms with Crippen LogP contribution in [-0.4, -0.2) is 57.0 Å². The molecular formula is C12H24O4S2. The molecule has 0 unspecified atom stereocenters. The van der Waals surface area contributed by atoms with Crippen LogP contribution in [0.3, 0.4) is 0 Å². The third kappa shape index (κ3) is 4.58. The molecule has 0 aromatic rings. The molecule has 0 saturated carbocycles. The van der Waals surface area contributed by atoms with Gasteiger partial charge in [-0.15, -0.1) is 23.5 Å². The van der Waals surface area contributed by atoms with Crippen LogP contribution in [0.15, 0.2) is 0 Å². The van der Waals surface area contributed by atoms with Gasteiger partial charge in [-0.1, -0.05) is 13.8 Å². The number of thioether (sulfide) groups is 2. The van der Waals surface area contributed by atoms with Crippen LogP contribution >= 0.6 is 23.5 Å². The van der Waals surface area contributed by atoms with Crippen molar-refractivity contribution in [3.63, 3.8) is 0 Å². The monoisotopic (exact) mass is 296 g/mol. The SMILES string of the molecule is CCSC(SCC)[C@H](O)[C@H](O)[C@@H]1COC(C)(C)O1. The Kier molecular flexibility index (Phi) is 6.78. The average molecular weight is 296 g/mol. The van der Waals surface area contributed by atoms with Gasteiger partial charge in [0, 0.05) is 0 Å². The first-order valence-corrected chi connectivity index (χ1v) is 8.42. The number of aliphatic hydroxyl groups excluding tert-OH is 2. The maximum Gasteiger partial charge on any atom is 0.163 e. The van der Waals surface area contributed by atoms with Crippen LogP contribution in [0.2, 0.25) is 0 Å². The molecule has 0 aromatic carbocycles. The molecule has 1 fully saturated rings. The highest BCUT2D eigenvalue weighted by molar-refractivity contribution is 8.17. The summed E-state index contributed by atoms with van der Waals surface area (Å²) >= 11 is 3.31. The van der Waals surface area contributed by atoms with Crippen LogP contribution in [0.5, 0.6) is 0 Å². The quantitative estimate of drug-likeness (QED) is 0.697. The second kappa shape index (κ2) is 7.36. The summed E-state index contributed by atoms with van der Waals surface area (Å²) in [5.74, 6) is 1.15. The Hall–Kier alpha value is 0.540. The van der Waals surface area contributed by atoms with Gasteiger partial charge in [0.1, 0.15) is 18.3 Å². The topological polar surface area (TPSA) is 58.9 Å². The Morgan fingerprint density at radius 1 is 1.22 bits per heavy atom. The number of hydrogen-bond donors (Lipinski definition) is 2. The van der Waals surface area contributed by atoms with Gasteiger partial charge in [0.15, 0.2) is 5.79 Å². The molecule has 0 aromatic heterocycles. The summed E-state index contributed by atoms with van der Waals surface area (Å²) in [6.45, 7) is 8.04. The Morgan fingerprint density at radius 3 is 2.17 bits per heavy atom. The minimum Gasteiger partial charge on any atom is -0.388 e. The molecule has 0 bridgehead atoms. The van der Waals surface area contributed by atoms with Crippen molar-refractivity contribution in [1.29, 1.82) is 0 Å². The van der Waals surface area contributed by atoms with Gasteiger partial charge in [-0.2, -0.15) is 0 Å².